The van der Waals surface area contributed by atoms with E-state index in [4.69, 9.17) is 5.73 Å². The molecule has 0 aliphatic carbocycles. The number of hydrogen-bond acceptors (Lipinski definition) is 2. The summed E-state index contributed by atoms with van der Waals surface area (Å²) in [6.45, 7) is 1.09. The van der Waals surface area contributed by atoms with Crippen LogP contribution in [-0.4, -0.2) is 19.5 Å². The maximum absolute atomic E-state index is 9.40. The van der Waals surface area contributed by atoms with E-state index in [2.05, 4.69) is 5.32 Å². The van der Waals surface area contributed by atoms with Crippen LogP contribution in [0.1, 0.15) is 0 Å². The van der Waals surface area contributed by atoms with Crippen LogP contribution in [0.5, 0.6) is 0 Å². The van der Waals surface area contributed by atoms with Crippen molar-refractivity contribution in [1.82, 2.24) is 5.32 Å². The van der Waals surface area contributed by atoms with Crippen molar-refractivity contribution in [3.05, 3.63) is 0 Å². The first-order chi connectivity index (χ1) is 2.91. The zero-order valence-electron chi connectivity index (χ0n) is 3.98. The van der Waals surface area contributed by atoms with Gasteiger partial charge in [0.15, 0.2) is 0 Å². The first-order valence-electron chi connectivity index (χ1n) is 1.79. The molecule has 0 atom stereocenters. The van der Waals surface area contributed by atoms with Gasteiger partial charge in [-0.05, 0) is 0 Å². The molecule has 0 fully saturated rings. The van der Waals surface area contributed by atoms with Crippen LogP contribution in [0.3, 0.4) is 0 Å². The topological polar surface area (TPSA) is 55.1 Å². The van der Waals surface area contributed by atoms with Crippen LogP contribution >= 0.6 is 0 Å². The first kappa shape index (κ1) is 10.7. The Morgan fingerprint density at radius 2 is 2.29 bits per heavy atom. The third-order valence-electron chi connectivity index (χ3n) is 0.372. The Morgan fingerprint density at radius 1 is 1.71 bits per heavy atom. The van der Waals surface area contributed by atoms with E-state index < -0.39 is 0 Å². The van der Waals surface area contributed by atoms with Gasteiger partial charge in [-0.3, -0.25) is 4.79 Å². The van der Waals surface area contributed by atoms with Crippen molar-refractivity contribution >= 4 is 6.41 Å². The molecule has 0 bridgehead atoms. The molecule has 0 radical (unpaired) electrons. The Morgan fingerprint density at radius 3 is 2.43 bits per heavy atom. The number of carbonyl (C=O) groups is 1. The number of nitrogens with one attached hydrogen (secondary N) is 1. The minimum Gasteiger partial charge on any atom is -0.357 e. The van der Waals surface area contributed by atoms with Crippen LogP contribution < -0.4 is 11.1 Å². The van der Waals surface area contributed by atoms with E-state index in [1.165, 1.54) is 0 Å². The predicted octanol–water partition coefficient (Wildman–Crippen LogP) is -1.31. The molecule has 4 heteroatoms. The quantitative estimate of drug-likeness (QED) is 0.465. The average molecular weight is 228 g/mol. The van der Waals surface area contributed by atoms with E-state index in [1.54, 1.807) is 0 Å². The van der Waals surface area contributed by atoms with E-state index in [0.29, 0.717) is 19.5 Å². The molecular formula is C3H8CeN2O. The molecule has 3 nitrogen and oxygen atoms in total. The van der Waals surface area contributed by atoms with Gasteiger partial charge in [-0.2, -0.15) is 0 Å². The number of amides is 1. The number of carbonyl (C=O) groups excluding carboxylic acids is 1. The molecule has 0 aromatic heterocycles. The Hall–Kier alpha value is 0.807. The summed E-state index contributed by atoms with van der Waals surface area (Å²) in [5, 5.41) is 2.39. The third kappa shape index (κ3) is 10.9. The Kier molecular flexibility index (Phi) is 15.2. The van der Waals surface area contributed by atoms with E-state index in [9.17, 15) is 4.79 Å². The molecule has 0 aromatic carbocycles. The fraction of sp³-hybridized carbons (Fsp3) is 0.667. The second-order valence-corrected chi connectivity index (χ2v) is 0.861. The zero-order chi connectivity index (χ0) is 4.83. The fourth-order valence-electron chi connectivity index (χ4n) is 0.142. The second-order valence-electron chi connectivity index (χ2n) is 0.861. The summed E-state index contributed by atoms with van der Waals surface area (Å²) in [6.07, 6.45) is 0.632. The number of hydrogen-bond donors (Lipinski definition) is 2. The molecule has 0 rings (SSSR count). The molecule has 0 spiro atoms. The van der Waals surface area contributed by atoms with Crippen molar-refractivity contribution < 1.29 is 46.5 Å². The first-order valence-corrected chi connectivity index (χ1v) is 1.79. The van der Waals surface area contributed by atoms with E-state index >= 15 is 0 Å². The Balaban J connectivity index is 0. The van der Waals surface area contributed by atoms with Crippen molar-refractivity contribution in [3.8, 4) is 0 Å². The molecule has 0 saturated carbocycles. The maximum Gasteiger partial charge on any atom is 0.207 e. The molecule has 7 heavy (non-hydrogen) atoms. The third-order valence-corrected chi connectivity index (χ3v) is 0.372. The summed E-state index contributed by atoms with van der Waals surface area (Å²) in [5.74, 6) is 0. The normalized spacial score (nSPS) is 6.43. The molecule has 0 aromatic rings. The predicted molar refractivity (Wildman–Crippen MR) is 23.1 cm³/mol. The van der Waals surface area contributed by atoms with Crippen LogP contribution in [0.4, 0.5) is 0 Å². The summed E-state index contributed by atoms with van der Waals surface area (Å²) in [6, 6.07) is 0. The molecular weight excluding hydrogens is 220 g/mol. The molecule has 1 amide bonds. The largest absolute Gasteiger partial charge is 0.357 e. The smallest absolute Gasteiger partial charge is 0.207 e. The maximum atomic E-state index is 9.40. The summed E-state index contributed by atoms with van der Waals surface area (Å²) in [7, 11) is 0. The van der Waals surface area contributed by atoms with Gasteiger partial charge in [-0.1, -0.05) is 0 Å². The van der Waals surface area contributed by atoms with Crippen molar-refractivity contribution in [2.24, 2.45) is 5.73 Å². The van der Waals surface area contributed by atoms with Crippen molar-refractivity contribution in [2.45, 2.75) is 0 Å². The second kappa shape index (κ2) is 9.93. The summed E-state index contributed by atoms with van der Waals surface area (Å²) in [4.78, 5) is 9.40. The van der Waals surface area contributed by atoms with Gasteiger partial charge in [0.2, 0.25) is 6.41 Å². The van der Waals surface area contributed by atoms with Crippen LogP contribution in [0.2, 0.25) is 0 Å². The summed E-state index contributed by atoms with van der Waals surface area (Å²) < 4.78 is 0. The Bertz CT molecular complexity index is 41.9. The summed E-state index contributed by atoms with van der Waals surface area (Å²) >= 11 is 0. The van der Waals surface area contributed by atoms with Gasteiger partial charge in [0.05, 0.1) is 0 Å². The molecule has 40 valence electrons. The van der Waals surface area contributed by atoms with Gasteiger partial charge in [-0.15, -0.1) is 0 Å². The van der Waals surface area contributed by atoms with Gasteiger partial charge in [0, 0.05) is 54.8 Å². The summed E-state index contributed by atoms with van der Waals surface area (Å²) in [5.41, 5.74) is 4.99. The molecule has 3 N–H and O–H groups in total. The van der Waals surface area contributed by atoms with Gasteiger partial charge < -0.3 is 11.1 Å². The van der Waals surface area contributed by atoms with Crippen LogP contribution in [0, 0.1) is 41.7 Å². The van der Waals surface area contributed by atoms with Gasteiger partial charge in [-0.25, -0.2) is 0 Å². The van der Waals surface area contributed by atoms with Crippen LogP contribution in [0.25, 0.3) is 0 Å². The van der Waals surface area contributed by atoms with Gasteiger partial charge >= 0.3 is 0 Å². The van der Waals surface area contributed by atoms with Crippen molar-refractivity contribution in [3.63, 3.8) is 0 Å². The molecule has 0 aliphatic heterocycles. The zero-order valence-corrected chi connectivity index (χ0v) is 7.12. The molecule has 0 heterocycles. The Labute approximate surface area is 76.4 Å². The van der Waals surface area contributed by atoms with Crippen molar-refractivity contribution in [1.29, 1.82) is 0 Å². The van der Waals surface area contributed by atoms with Gasteiger partial charge in [0.1, 0.15) is 0 Å². The number of rotatable bonds is 3. The molecule has 0 unspecified atom stereocenters. The number of nitrogens with two attached hydrogens (primary N) is 1. The van der Waals surface area contributed by atoms with Crippen LogP contribution in [-0.2, 0) is 4.79 Å². The average Bonchev–Trinajstić information content (AvgIpc) is 1.61. The van der Waals surface area contributed by atoms with Crippen LogP contribution in [0.15, 0.2) is 0 Å². The minimum absolute atomic E-state index is 0. The fourth-order valence-corrected chi connectivity index (χ4v) is 0.142. The van der Waals surface area contributed by atoms with E-state index in [0.717, 1.165) is 0 Å². The standard InChI is InChI=1S/C3H8N2O.Ce/c4-1-2-5-3-6;/h3H,1-2,4H2,(H,5,6);. The van der Waals surface area contributed by atoms with E-state index in [1.807, 2.05) is 0 Å². The SMILES string of the molecule is NCCNC=O.[Ce]. The monoisotopic (exact) mass is 228 g/mol. The van der Waals surface area contributed by atoms with E-state index in [-0.39, 0.29) is 41.7 Å². The molecule has 0 aliphatic rings. The molecule has 0 saturated heterocycles. The van der Waals surface area contributed by atoms with Gasteiger partial charge in [0.25, 0.3) is 0 Å². The van der Waals surface area contributed by atoms with Crippen molar-refractivity contribution in [2.75, 3.05) is 13.1 Å². The minimum atomic E-state index is 0.